The molecule has 0 aliphatic rings. The van der Waals surface area contributed by atoms with Crippen molar-refractivity contribution in [2.45, 2.75) is 13.8 Å². The molecule has 0 aliphatic heterocycles. The second kappa shape index (κ2) is 29.9. The molecule has 1 N–H and O–H groups in total. The summed E-state index contributed by atoms with van der Waals surface area (Å²) in [5.41, 5.74) is 0. The fourth-order valence-corrected chi connectivity index (χ4v) is 0. The van der Waals surface area contributed by atoms with Gasteiger partial charge >= 0.3 is 0 Å². The van der Waals surface area contributed by atoms with Gasteiger partial charge in [-0.25, -0.2) is 0 Å². The van der Waals surface area contributed by atoms with E-state index in [1.165, 1.54) is 6.92 Å². The van der Waals surface area contributed by atoms with Gasteiger partial charge in [-0.1, -0.05) is 0 Å². The van der Waals surface area contributed by atoms with E-state index in [0.29, 0.717) is 0 Å². The lowest BCUT2D eigenvalue weighted by Crippen LogP contribution is -1.78. The number of hydrogen-bond donors (Lipinski definition) is 1. The first-order valence-corrected chi connectivity index (χ1v) is 2.15. The smallest absolute Gasteiger partial charge is 0.300 e. The van der Waals surface area contributed by atoms with Crippen molar-refractivity contribution in [3.05, 3.63) is 13.2 Å². The van der Waals surface area contributed by atoms with Gasteiger partial charge in [-0.2, -0.15) is 5.26 Å². The first kappa shape index (κ1) is 15.6. The first-order chi connectivity index (χ1) is 4.15. The van der Waals surface area contributed by atoms with Crippen LogP contribution in [0.2, 0.25) is 0 Å². The number of nitrogens with zero attached hydrogens (tertiary/aromatic N) is 1. The van der Waals surface area contributed by atoms with Crippen LogP contribution in [0.4, 0.5) is 0 Å². The van der Waals surface area contributed by atoms with Crippen molar-refractivity contribution in [2.75, 3.05) is 0 Å². The average molecular weight is 129 g/mol. The van der Waals surface area contributed by atoms with Crippen molar-refractivity contribution in [3.63, 3.8) is 0 Å². The highest BCUT2D eigenvalue weighted by Gasteiger charge is 1.65. The lowest BCUT2D eigenvalue weighted by atomic mass is 10.9. The predicted octanol–water partition coefficient (Wildman–Crippen LogP) is 1.42. The normalized spacial score (nSPS) is 4.11. The van der Waals surface area contributed by atoms with Crippen LogP contribution in [0.1, 0.15) is 13.8 Å². The van der Waals surface area contributed by atoms with Gasteiger partial charge < -0.3 is 5.11 Å². The van der Waals surface area contributed by atoms with Crippen LogP contribution in [0.25, 0.3) is 0 Å². The largest absolute Gasteiger partial charge is 0.481 e. The molecule has 0 aromatic rings. The Hall–Kier alpha value is -1.30. The molecule has 0 aliphatic carbocycles. The lowest BCUT2D eigenvalue weighted by molar-refractivity contribution is -0.134. The third-order valence-corrected chi connectivity index (χ3v) is 0. The molecule has 0 saturated heterocycles. The second-order valence-corrected chi connectivity index (χ2v) is 0.743. The van der Waals surface area contributed by atoms with Crippen LogP contribution in [0.15, 0.2) is 13.2 Å². The number of carboxylic acid groups (broad SMARTS) is 1. The molecule has 0 fully saturated rings. The van der Waals surface area contributed by atoms with Gasteiger partial charge in [-0.05, 0) is 0 Å². The second-order valence-electron chi connectivity index (χ2n) is 0.743. The molecule has 0 aromatic heterocycles. The van der Waals surface area contributed by atoms with E-state index in [4.69, 9.17) is 15.2 Å². The van der Waals surface area contributed by atoms with Crippen LogP contribution in [-0.4, -0.2) is 11.1 Å². The summed E-state index contributed by atoms with van der Waals surface area (Å²) in [5, 5.41) is 14.7. The molecule has 52 valence electrons. The van der Waals surface area contributed by atoms with Crippen molar-refractivity contribution in [1.82, 2.24) is 0 Å². The van der Waals surface area contributed by atoms with Crippen LogP contribution >= 0.6 is 0 Å². The molecule has 0 radical (unpaired) electrons. The minimum absolute atomic E-state index is 0.833. The SMILES string of the molecule is C=C.CC#N.CC(=O)O. The van der Waals surface area contributed by atoms with E-state index >= 15 is 0 Å². The van der Waals surface area contributed by atoms with E-state index in [0.717, 1.165) is 6.92 Å². The van der Waals surface area contributed by atoms with Crippen LogP contribution in [-0.2, 0) is 4.79 Å². The molecule has 0 rings (SSSR count). The van der Waals surface area contributed by atoms with Gasteiger partial charge in [-0.3, -0.25) is 4.79 Å². The van der Waals surface area contributed by atoms with Gasteiger partial charge in [0, 0.05) is 13.8 Å². The van der Waals surface area contributed by atoms with Crippen LogP contribution in [0.5, 0.6) is 0 Å². The van der Waals surface area contributed by atoms with Crippen molar-refractivity contribution >= 4 is 5.97 Å². The van der Waals surface area contributed by atoms with E-state index in [9.17, 15) is 0 Å². The first-order valence-electron chi connectivity index (χ1n) is 2.15. The Kier molecular flexibility index (Phi) is 51.9. The monoisotopic (exact) mass is 129 g/mol. The van der Waals surface area contributed by atoms with Crippen molar-refractivity contribution in [1.29, 1.82) is 5.26 Å². The molecule has 0 atom stereocenters. The minimum atomic E-state index is -0.833. The molecule has 0 unspecified atom stereocenters. The molecule has 0 spiro atoms. The van der Waals surface area contributed by atoms with Crippen molar-refractivity contribution in [2.24, 2.45) is 0 Å². The maximum Gasteiger partial charge on any atom is 0.300 e. The third kappa shape index (κ3) is 87.6. The van der Waals surface area contributed by atoms with Crippen LogP contribution in [0, 0.1) is 11.3 Å². The maximum atomic E-state index is 9.00. The van der Waals surface area contributed by atoms with E-state index in [-0.39, 0.29) is 0 Å². The third-order valence-electron chi connectivity index (χ3n) is 0. The Labute approximate surface area is 55.2 Å². The molecule has 0 saturated carbocycles. The summed E-state index contributed by atoms with van der Waals surface area (Å²) in [6.45, 7) is 8.51. The van der Waals surface area contributed by atoms with Crippen molar-refractivity contribution < 1.29 is 9.90 Å². The zero-order chi connectivity index (χ0) is 8.28. The highest BCUT2D eigenvalue weighted by atomic mass is 16.4. The van der Waals surface area contributed by atoms with Gasteiger partial charge in [0.1, 0.15) is 0 Å². The number of hydrogen-bond acceptors (Lipinski definition) is 2. The fourth-order valence-electron chi connectivity index (χ4n) is 0. The fraction of sp³-hybridized carbons (Fsp3) is 0.333. The van der Waals surface area contributed by atoms with Gasteiger partial charge in [0.2, 0.25) is 0 Å². The molecular weight excluding hydrogens is 118 g/mol. The summed E-state index contributed by atoms with van der Waals surface area (Å²) in [5.74, 6) is -0.833. The topological polar surface area (TPSA) is 61.1 Å². The molecule has 0 amide bonds. The Morgan fingerprint density at radius 3 is 1.67 bits per heavy atom. The zero-order valence-electron chi connectivity index (χ0n) is 5.72. The van der Waals surface area contributed by atoms with E-state index in [2.05, 4.69) is 13.2 Å². The highest BCUT2D eigenvalue weighted by molar-refractivity contribution is 5.62. The Balaban J connectivity index is -0.0000000646. The summed E-state index contributed by atoms with van der Waals surface area (Å²) >= 11 is 0. The quantitative estimate of drug-likeness (QED) is 0.503. The summed E-state index contributed by atoms with van der Waals surface area (Å²) in [4.78, 5) is 9.00. The van der Waals surface area contributed by atoms with E-state index in [1.807, 2.05) is 0 Å². The van der Waals surface area contributed by atoms with Gasteiger partial charge in [0.15, 0.2) is 0 Å². The number of aliphatic carboxylic acids is 1. The number of rotatable bonds is 0. The summed E-state index contributed by atoms with van der Waals surface area (Å²) < 4.78 is 0. The van der Waals surface area contributed by atoms with E-state index in [1.54, 1.807) is 6.07 Å². The average Bonchev–Trinajstić information content (AvgIpc) is 1.71. The molecule has 3 heteroatoms. The molecule has 0 aromatic carbocycles. The molecule has 3 nitrogen and oxygen atoms in total. The number of carbonyl (C=O) groups is 1. The van der Waals surface area contributed by atoms with Crippen molar-refractivity contribution in [3.8, 4) is 6.07 Å². The summed E-state index contributed by atoms with van der Waals surface area (Å²) in [6, 6.07) is 1.75. The predicted molar refractivity (Wildman–Crippen MR) is 35.9 cm³/mol. The van der Waals surface area contributed by atoms with Gasteiger partial charge in [0.05, 0.1) is 6.07 Å². The maximum absolute atomic E-state index is 9.00. The Bertz CT molecular complexity index is 89.7. The number of carboxylic acids is 1. The van der Waals surface area contributed by atoms with Crippen LogP contribution in [0.3, 0.4) is 0 Å². The Morgan fingerprint density at radius 1 is 1.67 bits per heavy atom. The molecule has 0 bridgehead atoms. The van der Waals surface area contributed by atoms with Crippen LogP contribution < -0.4 is 0 Å². The zero-order valence-corrected chi connectivity index (χ0v) is 5.72. The molecule has 9 heavy (non-hydrogen) atoms. The Morgan fingerprint density at radius 2 is 1.67 bits per heavy atom. The standard InChI is InChI=1S/C2H3N.C2H4O2.C2H4/c1-2-3;1-2(3)4;1-2/h1H3;1H3,(H,3,4);1-2H2. The van der Waals surface area contributed by atoms with Gasteiger partial charge in [-0.15, -0.1) is 13.2 Å². The summed E-state index contributed by atoms with van der Waals surface area (Å²) in [7, 11) is 0. The molecule has 0 heterocycles. The number of nitriles is 1. The lowest BCUT2D eigenvalue weighted by Gasteiger charge is -1.59. The molecular formula is C6H11NO2. The minimum Gasteiger partial charge on any atom is -0.481 e. The highest BCUT2D eigenvalue weighted by Crippen LogP contribution is 1.42. The summed E-state index contributed by atoms with van der Waals surface area (Å²) in [6.07, 6.45) is 0. The van der Waals surface area contributed by atoms with E-state index < -0.39 is 5.97 Å². The van der Waals surface area contributed by atoms with Gasteiger partial charge in [0.25, 0.3) is 5.97 Å².